The molecule has 1 aromatic rings. The Kier molecular flexibility index (Phi) is 4.25. The van der Waals surface area contributed by atoms with Crippen LogP contribution in [-0.2, 0) is 17.6 Å². The summed E-state index contributed by atoms with van der Waals surface area (Å²) in [7, 11) is 0. The molecule has 1 aromatic carbocycles. The Morgan fingerprint density at radius 3 is 2.50 bits per heavy atom. The van der Waals surface area contributed by atoms with Crippen molar-refractivity contribution in [2.75, 3.05) is 18.0 Å². The van der Waals surface area contributed by atoms with E-state index in [0.29, 0.717) is 6.04 Å². The first-order valence-electron chi connectivity index (χ1n) is 9.61. The SMILES string of the molecule is NC(=O)C1(NC2CCN(c3ccc4c(c3)CCC4)CC2)CCCC1. The molecular weight excluding hydrogens is 298 g/mol. The molecule has 1 saturated carbocycles. The Morgan fingerprint density at radius 1 is 1.08 bits per heavy atom. The van der Waals surface area contributed by atoms with Crippen molar-refractivity contribution in [3.63, 3.8) is 0 Å². The molecule has 1 amide bonds. The summed E-state index contributed by atoms with van der Waals surface area (Å²) < 4.78 is 0. The van der Waals surface area contributed by atoms with Crippen LogP contribution < -0.4 is 16.0 Å². The highest BCUT2D eigenvalue weighted by atomic mass is 16.1. The van der Waals surface area contributed by atoms with Gasteiger partial charge in [0.25, 0.3) is 0 Å². The highest BCUT2D eigenvalue weighted by molar-refractivity contribution is 5.85. The summed E-state index contributed by atoms with van der Waals surface area (Å²) in [6, 6.07) is 7.43. The predicted octanol–water partition coefficient (Wildman–Crippen LogP) is 2.53. The fourth-order valence-electron chi connectivity index (χ4n) is 4.87. The summed E-state index contributed by atoms with van der Waals surface area (Å²) in [5, 5.41) is 3.64. The molecule has 4 nitrogen and oxygen atoms in total. The number of primary amides is 1. The normalized spacial score (nSPS) is 23.4. The Morgan fingerprint density at radius 2 is 1.79 bits per heavy atom. The van der Waals surface area contributed by atoms with Gasteiger partial charge >= 0.3 is 0 Å². The summed E-state index contributed by atoms with van der Waals surface area (Å²) in [6.07, 6.45) is 10.0. The van der Waals surface area contributed by atoms with Crippen LogP contribution in [0.25, 0.3) is 0 Å². The number of nitrogens with two attached hydrogens (primary N) is 1. The number of hydrogen-bond acceptors (Lipinski definition) is 3. The van der Waals surface area contributed by atoms with E-state index in [-0.39, 0.29) is 5.91 Å². The Bertz CT molecular complexity index is 613. The van der Waals surface area contributed by atoms with Crippen LogP contribution in [0.5, 0.6) is 0 Å². The first-order chi connectivity index (χ1) is 11.7. The highest BCUT2D eigenvalue weighted by Gasteiger charge is 2.41. The lowest BCUT2D eigenvalue weighted by Crippen LogP contribution is -2.58. The summed E-state index contributed by atoms with van der Waals surface area (Å²) in [5.74, 6) is -0.152. The van der Waals surface area contributed by atoms with Crippen molar-refractivity contribution in [1.29, 1.82) is 0 Å². The molecule has 2 aliphatic carbocycles. The second kappa shape index (κ2) is 6.40. The van der Waals surface area contributed by atoms with Gasteiger partial charge in [-0.05, 0) is 68.2 Å². The summed E-state index contributed by atoms with van der Waals surface area (Å²) >= 11 is 0. The number of aryl methyl sites for hydroxylation is 2. The van der Waals surface area contributed by atoms with E-state index in [9.17, 15) is 4.79 Å². The largest absolute Gasteiger partial charge is 0.371 e. The molecule has 3 N–H and O–H groups in total. The second-order valence-electron chi connectivity index (χ2n) is 7.87. The molecule has 3 aliphatic rings. The number of carbonyl (C=O) groups is 1. The van der Waals surface area contributed by atoms with Crippen molar-refractivity contribution < 1.29 is 4.79 Å². The van der Waals surface area contributed by atoms with Gasteiger partial charge < -0.3 is 16.0 Å². The van der Waals surface area contributed by atoms with Crippen LogP contribution >= 0.6 is 0 Å². The molecule has 130 valence electrons. The van der Waals surface area contributed by atoms with Crippen LogP contribution in [0.15, 0.2) is 18.2 Å². The average molecular weight is 327 g/mol. The molecule has 24 heavy (non-hydrogen) atoms. The topological polar surface area (TPSA) is 58.4 Å². The Balaban J connectivity index is 1.37. The number of fused-ring (bicyclic) bond motifs is 1. The van der Waals surface area contributed by atoms with E-state index in [1.807, 2.05) is 0 Å². The predicted molar refractivity (Wildman–Crippen MR) is 97.2 cm³/mol. The number of carbonyl (C=O) groups excluding carboxylic acids is 1. The maximum Gasteiger partial charge on any atom is 0.237 e. The van der Waals surface area contributed by atoms with E-state index in [1.54, 1.807) is 11.1 Å². The van der Waals surface area contributed by atoms with Crippen molar-refractivity contribution >= 4 is 11.6 Å². The number of piperidine rings is 1. The number of amides is 1. The van der Waals surface area contributed by atoms with Crippen LogP contribution in [0.3, 0.4) is 0 Å². The van der Waals surface area contributed by atoms with Gasteiger partial charge in [-0.3, -0.25) is 4.79 Å². The molecule has 2 fully saturated rings. The molecule has 1 saturated heterocycles. The van der Waals surface area contributed by atoms with Gasteiger partial charge in [0.05, 0.1) is 5.54 Å². The zero-order valence-electron chi connectivity index (χ0n) is 14.5. The van der Waals surface area contributed by atoms with Gasteiger partial charge in [0, 0.05) is 24.8 Å². The first kappa shape index (κ1) is 15.9. The molecule has 4 heteroatoms. The van der Waals surface area contributed by atoms with Crippen molar-refractivity contribution in [3.8, 4) is 0 Å². The molecule has 0 radical (unpaired) electrons. The number of anilines is 1. The highest BCUT2D eigenvalue weighted by Crippen LogP contribution is 2.32. The molecule has 0 unspecified atom stereocenters. The monoisotopic (exact) mass is 327 g/mol. The molecule has 0 atom stereocenters. The third-order valence-electron chi connectivity index (χ3n) is 6.35. The molecule has 1 aliphatic heterocycles. The second-order valence-corrected chi connectivity index (χ2v) is 7.87. The minimum atomic E-state index is -0.430. The third-order valence-corrected chi connectivity index (χ3v) is 6.35. The van der Waals surface area contributed by atoms with Crippen LogP contribution in [0.1, 0.15) is 56.1 Å². The third kappa shape index (κ3) is 2.92. The summed E-state index contributed by atoms with van der Waals surface area (Å²) in [4.78, 5) is 14.4. The first-order valence-corrected chi connectivity index (χ1v) is 9.61. The number of hydrogen-bond donors (Lipinski definition) is 2. The van der Waals surface area contributed by atoms with Gasteiger partial charge in [0.2, 0.25) is 5.91 Å². The number of benzene rings is 1. The lowest BCUT2D eigenvalue weighted by molar-refractivity contribution is -0.124. The van der Waals surface area contributed by atoms with Crippen molar-refractivity contribution in [1.82, 2.24) is 5.32 Å². The van der Waals surface area contributed by atoms with Gasteiger partial charge in [-0.2, -0.15) is 0 Å². The van der Waals surface area contributed by atoms with Crippen LogP contribution in [0.4, 0.5) is 5.69 Å². The smallest absolute Gasteiger partial charge is 0.237 e. The quantitative estimate of drug-likeness (QED) is 0.893. The number of nitrogens with one attached hydrogen (secondary N) is 1. The van der Waals surface area contributed by atoms with E-state index in [0.717, 1.165) is 51.6 Å². The maximum atomic E-state index is 11.9. The number of nitrogens with zero attached hydrogens (tertiary/aromatic N) is 1. The van der Waals surface area contributed by atoms with Gasteiger partial charge in [0.15, 0.2) is 0 Å². The Hall–Kier alpha value is -1.55. The fraction of sp³-hybridized carbons (Fsp3) is 0.650. The molecule has 1 heterocycles. The zero-order valence-corrected chi connectivity index (χ0v) is 14.5. The summed E-state index contributed by atoms with van der Waals surface area (Å²) in [6.45, 7) is 2.12. The zero-order chi connectivity index (χ0) is 16.6. The van der Waals surface area contributed by atoms with E-state index in [4.69, 9.17) is 5.73 Å². The van der Waals surface area contributed by atoms with Gasteiger partial charge in [-0.15, -0.1) is 0 Å². The minimum Gasteiger partial charge on any atom is -0.371 e. The molecule has 4 rings (SSSR count). The standard InChI is InChI=1S/C20H29N3O/c21-19(24)20(10-1-2-11-20)22-17-8-12-23(13-9-17)18-7-6-15-4-3-5-16(15)14-18/h6-7,14,17,22H,1-5,8-13H2,(H2,21,24). The van der Waals surface area contributed by atoms with E-state index in [1.165, 1.54) is 24.9 Å². The van der Waals surface area contributed by atoms with Crippen molar-refractivity contribution in [2.24, 2.45) is 5.73 Å². The van der Waals surface area contributed by atoms with E-state index < -0.39 is 5.54 Å². The minimum absolute atomic E-state index is 0.152. The van der Waals surface area contributed by atoms with Gasteiger partial charge in [-0.25, -0.2) is 0 Å². The van der Waals surface area contributed by atoms with Crippen molar-refractivity contribution in [2.45, 2.75) is 69.4 Å². The van der Waals surface area contributed by atoms with Gasteiger partial charge in [-0.1, -0.05) is 18.9 Å². The van der Waals surface area contributed by atoms with E-state index in [2.05, 4.69) is 28.4 Å². The van der Waals surface area contributed by atoms with Crippen LogP contribution in [0.2, 0.25) is 0 Å². The lowest BCUT2D eigenvalue weighted by Gasteiger charge is -2.38. The average Bonchev–Trinajstić information content (AvgIpc) is 3.24. The van der Waals surface area contributed by atoms with Crippen molar-refractivity contribution in [3.05, 3.63) is 29.3 Å². The fourth-order valence-corrected chi connectivity index (χ4v) is 4.87. The number of rotatable bonds is 4. The maximum absolute atomic E-state index is 11.9. The van der Waals surface area contributed by atoms with E-state index >= 15 is 0 Å². The van der Waals surface area contributed by atoms with Crippen LogP contribution in [0, 0.1) is 0 Å². The van der Waals surface area contributed by atoms with Crippen LogP contribution in [-0.4, -0.2) is 30.6 Å². The molecule has 0 spiro atoms. The molecule has 0 bridgehead atoms. The van der Waals surface area contributed by atoms with Gasteiger partial charge in [0.1, 0.15) is 0 Å². The lowest BCUT2D eigenvalue weighted by atomic mass is 9.92. The molecule has 0 aromatic heterocycles. The molecular formula is C20H29N3O. The Labute approximate surface area is 144 Å². The summed E-state index contributed by atoms with van der Waals surface area (Å²) in [5.41, 5.74) is 9.74.